The second-order valence-electron chi connectivity index (χ2n) is 8.20. The molecule has 0 spiro atoms. The van der Waals surface area contributed by atoms with Crippen molar-refractivity contribution in [3.8, 4) is 5.75 Å². The number of aromatic hydroxyl groups is 1. The van der Waals surface area contributed by atoms with Crippen molar-refractivity contribution >= 4 is 23.5 Å². The van der Waals surface area contributed by atoms with Crippen molar-refractivity contribution in [2.24, 2.45) is 4.99 Å². The average molecular weight is 344 g/mol. The van der Waals surface area contributed by atoms with Crippen LogP contribution in [0, 0.1) is 0 Å². The number of phenols is 1. The average Bonchev–Trinajstić information content (AvgIpc) is 2.45. The van der Waals surface area contributed by atoms with Crippen molar-refractivity contribution in [3.05, 3.63) is 58.1 Å². The molecule has 0 amide bonds. The van der Waals surface area contributed by atoms with Gasteiger partial charge in [0.05, 0.1) is 5.69 Å². The molecule has 128 valence electrons. The van der Waals surface area contributed by atoms with Crippen molar-refractivity contribution in [3.63, 3.8) is 0 Å². The van der Waals surface area contributed by atoms with Gasteiger partial charge in [0.25, 0.3) is 0 Å². The third kappa shape index (κ3) is 4.39. The Kier molecular flexibility index (Phi) is 5.10. The van der Waals surface area contributed by atoms with Crippen molar-refractivity contribution < 1.29 is 5.11 Å². The van der Waals surface area contributed by atoms with Gasteiger partial charge >= 0.3 is 0 Å². The highest BCUT2D eigenvalue weighted by atomic mass is 35.5. The highest BCUT2D eigenvalue weighted by Gasteiger charge is 2.24. The summed E-state index contributed by atoms with van der Waals surface area (Å²) in [4.78, 5) is 4.48. The summed E-state index contributed by atoms with van der Waals surface area (Å²) in [6.45, 7) is 12.8. The first-order valence-electron chi connectivity index (χ1n) is 8.16. The lowest BCUT2D eigenvalue weighted by Gasteiger charge is -2.26. The number of rotatable bonds is 2. The Labute approximate surface area is 150 Å². The van der Waals surface area contributed by atoms with E-state index in [1.54, 1.807) is 18.3 Å². The van der Waals surface area contributed by atoms with Crippen LogP contribution < -0.4 is 0 Å². The van der Waals surface area contributed by atoms with E-state index in [0.717, 1.165) is 16.8 Å². The molecule has 0 aliphatic carbocycles. The van der Waals surface area contributed by atoms with Gasteiger partial charge in [0, 0.05) is 22.4 Å². The van der Waals surface area contributed by atoms with E-state index in [0.29, 0.717) is 10.8 Å². The van der Waals surface area contributed by atoms with Gasteiger partial charge in [-0.15, -0.1) is 0 Å². The molecular formula is C21H26ClNO. The van der Waals surface area contributed by atoms with Gasteiger partial charge in [-0.05, 0) is 46.7 Å². The number of phenolic OH excluding ortho intramolecular Hbond substituents is 1. The summed E-state index contributed by atoms with van der Waals surface area (Å²) < 4.78 is 0. The largest absolute Gasteiger partial charge is 0.507 e. The Morgan fingerprint density at radius 3 is 2.00 bits per heavy atom. The summed E-state index contributed by atoms with van der Waals surface area (Å²) in [5, 5.41) is 11.4. The molecule has 0 unspecified atom stereocenters. The summed E-state index contributed by atoms with van der Waals surface area (Å²) >= 11 is 5.90. The zero-order valence-electron chi connectivity index (χ0n) is 15.3. The van der Waals surface area contributed by atoms with Gasteiger partial charge in [-0.1, -0.05) is 59.2 Å². The molecule has 2 aromatic rings. The van der Waals surface area contributed by atoms with Crippen molar-refractivity contribution in [2.45, 2.75) is 52.4 Å². The van der Waals surface area contributed by atoms with E-state index in [2.05, 4.69) is 52.6 Å². The SMILES string of the molecule is CC(C)(C)c1cc(C=Nc2ccc(Cl)cc2)c(O)c(C(C)(C)C)c1. The molecule has 0 fully saturated rings. The lowest BCUT2D eigenvalue weighted by Crippen LogP contribution is -2.17. The monoisotopic (exact) mass is 343 g/mol. The van der Waals surface area contributed by atoms with Crippen LogP contribution in [0.15, 0.2) is 41.4 Å². The fourth-order valence-electron chi connectivity index (χ4n) is 2.43. The predicted octanol–water partition coefficient (Wildman–Crippen LogP) is 6.39. The standard InChI is InChI=1S/C21H26ClNO/c1-20(2,3)15-11-14(19(24)18(12-15)21(4,5)6)13-23-17-9-7-16(22)8-10-17/h7-13,24H,1-6H3. The third-order valence-electron chi connectivity index (χ3n) is 3.99. The number of hydrogen-bond acceptors (Lipinski definition) is 2. The van der Waals surface area contributed by atoms with Crippen LogP contribution in [0.1, 0.15) is 58.2 Å². The zero-order chi connectivity index (χ0) is 18.1. The molecule has 0 radical (unpaired) electrons. The van der Waals surface area contributed by atoms with Gasteiger partial charge in [0.2, 0.25) is 0 Å². The lowest BCUT2D eigenvalue weighted by molar-refractivity contribution is 0.444. The highest BCUT2D eigenvalue weighted by Crippen LogP contribution is 2.37. The van der Waals surface area contributed by atoms with Crippen LogP contribution in [0.5, 0.6) is 5.75 Å². The van der Waals surface area contributed by atoms with Gasteiger partial charge in [-0.2, -0.15) is 0 Å². The molecule has 0 saturated heterocycles. The van der Waals surface area contributed by atoms with E-state index >= 15 is 0 Å². The molecule has 0 aliphatic rings. The Morgan fingerprint density at radius 2 is 1.50 bits per heavy atom. The number of aliphatic imine (C=N–C) groups is 1. The quantitative estimate of drug-likeness (QED) is 0.629. The van der Waals surface area contributed by atoms with Gasteiger partial charge < -0.3 is 5.11 Å². The summed E-state index contributed by atoms with van der Waals surface area (Å²) in [5.41, 5.74) is 3.51. The minimum absolute atomic E-state index is 0.00341. The lowest BCUT2D eigenvalue weighted by atomic mass is 9.79. The van der Waals surface area contributed by atoms with Gasteiger partial charge in [-0.3, -0.25) is 4.99 Å². The Balaban J connectivity index is 2.54. The summed E-state index contributed by atoms with van der Waals surface area (Å²) in [6, 6.07) is 11.4. The van der Waals surface area contributed by atoms with Crippen molar-refractivity contribution in [1.82, 2.24) is 0 Å². The van der Waals surface area contributed by atoms with Crippen LogP contribution in [0.25, 0.3) is 0 Å². The number of benzene rings is 2. The summed E-state index contributed by atoms with van der Waals surface area (Å²) in [5.74, 6) is 0.299. The molecule has 0 aliphatic heterocycles. The van der Waals surface area contributed by atoms with E-state index in [9.17, 15) is 5.11 Å². The molecule has 0 bridgehead atoms. The molecule has 3 heteroatoms. The Bertz CT molecular complexity index is 747. The second kappa shape index (κ2) is 6.60. The third-order valence-corrected chi connectivity index (χ3v) is 4.24. The summed E-state index contributed by atoms with van der Waals surface area (Å²) in [7, 11) is 0. The molecule has 0 atom stereocenters. The fraction of sp³-hybridized carbons (Fsp3) is 0.381. The van der Waals surface area contributed by atoms with Gasteiger partial charge in [-0.25, -0.2) is 0 Å². The maximum Gasteiger partial charge on any atom is 0.128 e. The van der Waals surface area contributed by atoms with E-state index in [1.165, 1.54) is 5.56 Å². The first kappa shape index (κ1) is 18.5. The maximum absolute atomic E-state index is 10.7. The molecule has 0 heterocycles. The number of halogens is 1. The van der Waals surface area contributed by atoms with E-state index in [-0.39, 0.29) is 10.8 Å². The molecular weight excluding hydrogens is 318 g/mol. The van der Waals surface area contributed by atoms with Crippen LogP contribution in [0.4, 0.5) is 5.69 Å². The number of hydrogen-bond donors (Lipinski definition) is 1. The fourth-order valence-corrected chi connectivity index (χ4v) is 2.56. The Morgan fingerprint density at radius 1 is 0.917 bits per heavy atom. The molecule has 0 saturated carbocycles. The van der Waals surface area contributed by atoms with Crippen LogP contribution in [-0.2, 0) is 10.8 Å². The minimum atomic E-state index is -0.145. The molecule has 1 N–H and O–H groups in total. The van der Waals surface area contributed by atoms with Crippen LogP contribution in [0.2, 0.25) is 5.02 Å². The summed E-state index contributed by atoms with van der Waals surface area (Å²) in [6.07, 6.45) is 1.73. The molecule has 0 aromatic heterocycles. The molecule has 24 heavy (non-hydrogen) atoms. The van der Waals surface area contributed by atoms with E-state index in [4.69, 9.17) is 11.6 Å². The Hall–Kier alpha value is -1.80. The van der Waals surface area contributed by atoms with Gasteiger partial charge in [0.15, 0.2) is 0 Å². The smallest absolute Gasteiger partial charge is 0.128 e. The second-order valence-corrected chi connectivity index (χ2v) is 8.63. The van der Waals surface area contributed by atoms with E-state index < -0.39 is 0 Å². The maximum atomic E-state index is 10.7. The minimum Gasteiger partial charge on any atom is -0.507 e. The first-order chi connectivity index (χ1) is 11.0. The molecule has 2 nitrogen and oxygen atoms in total. The zero-order valence-corrected chi connectivity index (χ0v) is 16.1. The molecule has 2 rings (SSSR count). The van der Waals surface area contributed by atoms with Gasteiger partial charge in [0.1, 0.15) is 5.75 Å². The number of nitrogens with zero attached hydrogens (tertiary/aromatic N) is 1. The first-order valence-corrected chi connectivity index (χ1v) is 8.54. The van der Waals surface area contributed by atoms with Crippen LogP contribution in [-0.4, -0.2) is 11.3 Å². The van der Waals surface area contributed by atoms with Crippen LogP contribution >= 0.6 is 11.6 Å². The normalized spacial score (nSPS) is 12.8. The topological polar surface area (TPSA) is 32.6 Å². The predicted molar refractivity (Wildman–Crippen MR) is 104 cm³/mol. The van der Waals surface area contributed by atoms with Crippen LogP contribution in [0.3, 0.4) is 0 Å². The van der Waals surface area contributed by atoms with Crippen molar-refractivity contribution in [2.75, 3.05) is 0 Å². The van der Waals surface area contributed by atoms with Crippen molar-refractivity contribution in [1.29, 1.82) is 0 Å². The highest BCUT2D eigenvalue weighted by molar-refractivity contribution is 6.30. The molecule has 2 aromatic carbocycles. The van der Waals surface area contributed by atoms with E-state index in [1.807, 2.05) is 18.2 Å².